The Bertz CT molecular complexity index is 954. The molecule has 0 spiro atoms. The Morgan fingerprint density at radius 1 is 1.15 bits per heavy atom. The molecule has 0 saturated carbocycles. The number of methoxy groups -OCH3 is 1. The maximum absolute atomic E-state index is 12.3. The van der Waals surface area contributed by atoms with Crippen molar-refractivity contribution in [1.82, 2.24) is 14.8 Å². The molecule has 0 aliphatic heterocycles. The van der Waals surface area contributed by atoms with E-state index in [1.165, 1.54) is 14.0 Å². The summed E-state index contributed by atoms with van der Waals surface area (Å²) in [7, 11) is 1.47. The van der Waals surface area contributed by atoms with Crippen LogP contribution in [0.2, 0.25) is 0 Å². The van der Waals surface area contributed by atoms with E-state index in [9.17, 15) is 9.59 Å². The largest absolute Gasteiger partial charge is 0.493 e. The molecule has 0 saturated heterocycles. The zero-order valence-corrected chi connectivity index (χ0v) is 14.9. The number of carbonyl (C=O) groups excluding carboxylic acids is 2. The van der Waals surface area contributed by atoms with E-state index in [0.29, 0.717) is 28.6 Å². The number of hydrogen-bond donors (Lipinski definition) is 1. The number of amides is 1. The molecule has 2 aromatic heterocycles. The van der Waals surface area contributed by atoms with Gasteiger partial charge in [-0.1, -0.05) is 0 Å². The molecule has 0 fully saturated rings. The van der Waals surface area contributed by atoms with Gasteiger partial charge in [0.05, 0.1) is 12.8 Å². The number of nitrogens with zero attached hydrogens (tertiary/aromatic N) is 3. The topological polar surface area (TPSA) is 95.3 Å². The number of ketones is 1. The highest BCUT2D eigenvalue weighted by atomic mass is 16.5. The summed E-state index contributed by atoms with van der Waals surface area (Å²) >= 11 is 0. The van der Waals surface area contributed by atoms with Gasteiger partial charge >= 0.3 is 0 Å². The van der Waals surface area contributed by atoms with Gasteiger partial charge in [-0.3, -0.25) is 9.59 Å². The van der Waals surface area contributed by atoms with E-state index < -0.39 is 0 Å². The summed E-state index contributed by atoms with van der Waals surface area (Å²) in [6, 6.07) is 10.0. The number of aromatic nitrogens is 3. The lowest BCUT2D eigenvalue weighted by atomic mass is 10.1. The van der Waals surface area contributed by atoms with E-state index in [4.69, 9.17) is 9.47 Å². The highest BCUT2D eigenvalue weighted by Gasteiger charge is 2.13. The number of rotatable bonds is 7. The van der Waals surface area contributed by atoms with Crippen LogP contribution in [-0.2, 0) is 4.79 Å². The van der Waals surface area contributed by atoms with Gasteiger partial charge in [0.2, 0.25) is 0 Å². The van der Waals surface area contributed by atoms with Crippen molar-refractivity contribution in [1.29, 1.82) is 0 Å². The number of benzene rings is 1. The van der Waals surface area contributed by atoms with E-state index in [0.717, 1.165) is 0 Å². The summed E-state index contributed by atoms with van der Waals surface area (Å²) in [6.07, 6.45) is 4.97. The van der Waals surface area contributed by atoms with Crippen LogP contribution in [0.5, 0.6) is 11.5 Å². The molecule has 0 radical (unpaired) electrons. The van der Waals surface area contributed by atoms with Crippen LogP contribution in [0.3, 0.4) is 0 Å². The van der Waals surface area contributed by atoms with Crippen molar-refractivity contribution in [3.63, 3.8) is 0 Å². The van der Waals surface area contributed by atoms with Gasteiger partial charge in [0, 0.05) is 24.2 Å². The SMILES string of the molecule is COc1cc(C(C)=O)ccc1OCC(=O)Nc1cccnc1-n1cccn1. The van der Waals surface area contributed by atoms with Gasteiger partial charge in [-0.15, -0.1) is 0 Å². The predicted octanol–water partition coefficient (Wildman–Crippen LogP) is 2.50. The smallest absolute Gasteiger partial charge is 0.262 e. The van der Waals surface area contributed by atoms with E-state index >= 15 is 0 Å². The number of Topliss-reactive ketones (excluding diaryl/α,β-unsaturated/α-hetero) is 1. The minimum atomic E-state index is -0.367. The molecule has 1 N–H and O–H groups in total. The molecule has 3 rings (SSSR count). The second-order valence-electron chi connectivity index (χ2n) is 5.58. The lowest BCUT2D eigenvalue weighted by Crippen LogP contribution is -2.21. The second-order valence-corrected chi connectivity index (χ2v) is 5.58. The van der Waals surface area contributed by atoms with Crippen LogP contribution in [0.15, 0.2) is 55.0 Å². The molecule has 8 heteroatoms. The quantitative estimate of drug-likeness (QED) is 0.646. The maximum atomic E-state index is 12.3. The molecule has 1 amide bonds. The minimum Gasteiger partial charge on any atom is -0.493 e. The van der Waals surface area contributed by atoms with Crippen LogP contribution in [0.4, 0.5) is 5.69 Å². The van der Waals surface area contributed by atoms with Crippen molar-refractivity contribution >= 4 is 17.4 Å². The normalized spacial score (nSPS) is 10.3. The van der Waals surface area contributed by atoms with E-state index in [1.807, 2.05) is 0 Å². The van der Waals surface area contributed by atoms with Crippen LogP contribution in [0.1, 0.15) is 17.3 Å². The Balaban J connectivity index is 1.69. The highest BCUT2D eigenvalue weighted by molar-refractivity contribution is 5.95. The van der Waals surface area contributed by atoms with Gasteiger partial charge in [-0.2, -0.15) is 5.10 Å². The summed E-state index contributed by atoms with van der Waals surface area (Å²) in [4.78, 5) is 28.0. The summed E-state index contributed by atoms with van der Waals surface area (Å²) in [6.45, 7) is 1.23. The molecular weight excluding hydrogens is 348 g/mol. The van der Waals surface area contributed by atoms with Gasteiger partial charge in [0.15, 0.2) is 29.7 Å². The van der Waals surface area contributed by atoms with Crippen molar-refractivity contribution in [2.24, 2.45) is 0 Å². The van der Waals surface area contributed by atoms with E-state index in [2.05, 4.69) is 15.4 Å². The maximum Gasteiger partial charge on any atom is 0.262 e. The first-order valence-electron chi connectivity index (χ1n) is 8.15. The summed E-state index contributed by atoms with van der Waals surface area (Å²) < 4.78 is 12.3. The standard InChI is InChI=1S/C19H18N4O4/c1-13(24)14-6-7-16(17(11-14)26-2)27-12-18(25)22-15-5-3-8-20-19(15)23-10-4-9-21-23/h3-11H,12H2,1-2H3,(H,22,25). The molecule has 0 atom stereocenters. The summed E-state index contributed by atoms with van der Waals surface area (Å²) in [5, 5.41) is 6.87. The number of carbonyl (C=O) groups is 2. The third kappa shape index (κ3) is 4.30. The van der Waals surface area contributed by atoms with Crippen molar-refractivity contribution in [3.05, 3.63) is 60.6 Å². The molecule has 3 aromatic rings. The average molecular weight is 366 g/mol. The van der Waals surface area contributed by atoms with Crippen molar-refractivity contribution in [2.45, 2.75) is 6.92 Å². The fraction of sp³-hybridized carbons (Fsp3) is 0.158. The third-order valence-corrected chi connectivity index (χ3v) is 3.71. The van der Waals surface area contributed by atoms with Crippen LogP contribution in [0.25, 0.3) is 5.82 Å². The first-order valence-corrected chi connectivity index (χ1v) is 8.15. The average Bonchev–Trinajstić information content (AvgIpc) is 3.21. The zero-order valence-electron chi connectivity index (χ0n) is 14.9. The van der Waals surface area contributed by atoms with Crippen LogP contribution < -0.4 is 14.8 Å². The number of anilines is 1. The first kappa shape index (κ1) is 18.1. The molecule has 0 bridgehead atoms. The Hall–Kier alpha value is -3.68. The fourth-order valence-corrected chi connectivity index (χ4v) is 2.41. The number of nitrogens with one attached hydrogen (secondary N) is 1. The van der Waals surface area contributed by atoms with E-state index in [-0.39, 0.29) is 18.3 Å². The van der Waals surface area contributed by atoms with Gasteiger partial charge < -0.3 is 14.8 Å². The Kier molecular flexibility index (Phi) is 5.46. The fourth-order valence-electron chi connectivity index (χ4n) is 2.41. The Morgan fingerprint density at radius 3 is 2.70 bits per heavy atom. The van der Waals surface area contributed by atoms with Gasteiger partial charge in [0.25, 0.3) is 5.91 Å². The van der Waals surface area contributed by atoms with Crippen molar-refractivity contribution in [3.8, 4) is 17.3 Å². The molecule has 8 nitrogen and oxygen atoms in total. The van der Waals surface area contributed by atoms with Crippen molar-refractivity contribution in [2.75, 3.05) is 19.0 Å². The second kappa shape index (κ2) is 8.13. The van der Waals surface area contributed by atoms with Crippen molar-refractivity contribution < 1.29 is 19.1 Å². The summed E-state index contributed by atoms with van der Waals surface area (Å²) in [5.74, 6) is 0.805. The minimum absolute atomic E-state index is 0.0830. The molecule has 0 aliphatic carbocycles. The van der Waals surface area contributed by atoms with Crippen LogP contribution in [0, 0.1) is 0 Å². The highest BCUT2D eigenvalue weighted by Crippen LogP contribution is 2.28. The number of hydrogen-bond acceptors (Lipinski definition) is 6. The first-order chi connectivity index (χ1) is 13.1. The summed E-state index contributed by atoms with van der Waals surface area (Å²) in [5.41, 5.74) is 1.01. The molecule has 138 valence electrons. The van der Waals surface area contributed by atoms with Crippen LogP contribution in [-0.4, -0.2) is 40.2 Å². The zero-order chi connectivity index (χ0) is 19.2. The molecular formula is C19H18N4O4. The molecule has 1 aromatic carbocycles. The van der Waals surface area contributed by atoms with Gasteiger partial charge in [-0.05, 0) is 43.3 Å². The molecule has 27 heavy (non-hydrogen) atoms. The molecule has 0 unspecified atom stereocenters. The Labute approximate surface area is 155 Å². The number of ether oxygens (including phenoxy) is 2. The van der Waals surface area contributed by atoms with Crippen LogP contribution >= 0.6 is 0 Å². The Morgan fingerprint density at radius 2 is 2.00 bits per heavy atom. The van der Waals surface area contributed by atoms with Gasteiger partial charge in [0.1, 0.15) is 0 Å². The third-order valence-electron chi connectivity index (χ3n) is 3.71. The molecule has 2 heterocycles. The lowest BCUT2D eigenvalue weighted by Gasteiger charge is -2.13. The molecule has 0 aliphatic rings. The van der Waals surface area contributed by atoms with Gasteiger partial charge in [-0.25, -0.2) is 9.67 Å². The number of pyridine rings is 1. The predicted molar refractivity (Wildman–Crippen MR) is 98.5 cm³/mol. The lowest BCUT2D eigenvalue weighted by molar-refractivity contribution is -0.118. The monoisotopic (exact) mass is 366 g/mol. The van der Waals surface area contributed by atoms with E-state index in [1.54, 1.807) is 59.7 Å².